The fourth-order valence-corrected chi connectivity index (χ4v) is 2.76. The lowest BCUT2D eigenvalue weighted by molar-refractivity contribution is -0.155. The lowest BCUT2D eigenvalue weighted by Crippen LogP contribution is -2.67. The molecular weight excluding hydrogens is 240 g/mol. The van der Waals surface area contributed by atoms with Crippen LogP contribution in [0.3, 0.4) is 0 Å². The third-order valence-corrected chi connectivity index (χ3v) is 4.43. The summed E-state index contributed by atoms with van der Waals surface area (Å²) in [5.41, 5.74) is -0.0680. The summed E-state index contributed by atoms with van der Waals surface area (Å²) in [7, 11) is 1.73. The predicted octanol–water partition coefficient (Wildman–Crippen LogP) is 1.27. The highest BCUT2D eigenvalue weighted by atomic mass is 16.2. The zero-order valence-corrected chi connectivity index (χ0v) is 11.2. The summed E-state index contributed by atoms with van der Waals surface area (Å²) in [5, 5.41) is 2.92. The number of benzene rings is 1. The average Bonchev–Trinajstić information content (AvgIpc) is 3.26. The number of likely N-dealkylation sites (N-methyl/N-ethyl adjacent to an activating group) is 1. The average molecular weight is 258 g/mol. The van der Waals surface area contributed by atoms with Crippen LogP contribution in [0.4, 0.5) is 0 Å². The van der Waals surface area contributed by atoms with Crippen molar-refractivity contribution in [2.45, 2.75) is 31.3 Å². The summed E-state index contributed by atoms with van der Waals surface area (Å²) in [4.78, 5) is 26.6. The molecular formula is C15H18N2O2. The Bertz CT molecular complexity index is 524. The van der Waals surface area contributed by atoms with Crippen molar-refractivity contribution in [3.63, 3.8) is 0 Å². The highest BCUT2D eigenvalue weighted by Gasteiger charge is 2.52. The van der Waals surface area contributed by atoms with Crippen LogP contribution in [-0.2, 0) is 15.1 Å². The van der Waals surface area contributed by atoms with Gasteiger partial charge in [-0.15, -0.1) is 0 Å². The molecule has 1 aliphatic carbocycles. The zero-order valence-electron chi connectivity index (χ0n) is 11.2. The zero-order chi connectivity index (χ0) is 13.6. The minimum absolute atomic E-state index is 0.0217. The molecule has 1 saturated heterocycles. The van der Waals surface area contributed by atoms with Crippen LogP contribution in [0, 0.1) is 5.92 Å². The maximum atomic E-state index is 12.5. The van der Waals surface area contributed by atoms with Crippen molar-refractivity contribution in [1.82, 2.24) is 10.2 Å². The van der Waals surface area contributed by atoms with Gasteiger partial charge in [-0.25, -0.2) is 0 Å². The molecule has 19 heavy (non-hydrogen) atoms. The topological polar surface area (TPSA) is 49.4 Å². The number of hydrogen-bond donors (Lipinski definition) is 1. The summed E-state index contributed by atoms with van der Waals surface area (Å²) in [6.07, 6.45) is 2.07. The minimum atomic E-state index is -0.913. The van der Waals surface area contributed by atoms with Crippen LogP contribution >= 0.6 is 0 Å². The van der Waals surface area contributed by atoms with Crippen LogP contribution in [0.2, 0.25) is 0 Å². The lowest BCUT2D eigenvalue weighted by atomic mass is 9.85. The number of hydrogen-bond acceptors (Lipinski definition) is 2. The molecule has 1 aromatic carbocycles. The van der Waals surface area contributed by atoms with E-state index < -0.39 is 5.54 Å². The Morgan fingerprint density at radius 2 is 1.84 bits per heavy atom. The molecule has 0 spiro atoms. The predicted molar refractivity (Wildman–Crippen MR) is 71.2 cm³/mol. The van der Waals surface area contributed by atoms with Gasteiger partial charge in [0.15, 0.2) is 0 Å². The second-order valence-electron chi connectivity index (χ2n) is 5.62. The number of piperazine rings is 1. The number of rotatable bonds is 2. The molecule has 3 rings (SSSR count). The van der Waals surface area contributed by atoms with Crippen molar-refractivity contribution in [3.05, 3.63) is 35.9 Å². The van der Waals surface area contributed by atoms with Crippen LogP contribution in [0.15, 0.2) is 30.3 Å². The third-order valence-electron chi connectivity index (χ3n) is 4.43. The fraction of sp³-hybridized carbons (Fsp3) is 0.467. The van der Waals surface area contributed by atoms with E-state index in [0.29, 0.717) is 5.92 Å². The third kappa shape index (κ3) is 1.74. The van der Waals surface area contributed by atoms with E-state index in [0.717, 1.165) is 18.4 Å². The van der Waals surface area contributed by atoms with Crippen molar-refractivity contribution >= 4 is 11.8 Å². The van der Waals surface area contributed by atoms with Crippen LogP contribution < -0.4 is 5.32 Å². The Labute approximate surface area is 112 Å². The molecule has 2 unspecified atom stereocenters. The van der Waals surface area contributed by atoms with Crippen molar-refractivity contribution < 1.29 is 9.59 Å². The Morgan fingerprint density at radius 3 is 2.42 bits per heavy atom. The molecule has 1 aromatic rings. The van der Waals surface area contributed by atoms with Crippen molar-refractivity contribution in [1.29, 1.82) is 0 Å². The van der Waals surface area contributed by atoms with Gasteiger partial charge in [0.05, 0.1) is 0 Å². The molecule has 0 bridgehead atoms. The molecule has 1 aliphatic heterocycles. The summed E-state index contributed by atoms with van der Waals surface area (Å²) in [6.45, 7) is 1.80. The van der Waals surface area contributed by atoms with Gasteiger partial charge < -0.3 is 10.2 Å². The monoisotopic (exact) mass is 258 g/mol. The molecule has 100 valence electrons. The van der Waals surface area contributed by atoms with E-state index in [9.17, 15) is 9.59 Å². The van der Waals surface area contributed by atoms with E-state index in [1.807, 2.05) is 30.3 Å². The van der Waals surface area contributed by atoms with Gasteiger partial charge in [-0.2, -0.15) is 0 Å². The Hall–Kier alpha value is -1.84. The van der Waals surface area contributed by atoms with E-state index in [4.69, 9.17) is 0 Å². The van der Waals surface area contributed by atoms with Gasteiger partial charge >= 0.3 is 0 Å². The Balaban J connectivity index is 1.98. The van der Waals surface area contributed by atoms with Gasteiger partial charge in [0.1, 0.15) is 11.6 Å². The van der Waals surface area contributed by atoms with Gasteiger partial charge in [0, 0.05) is 7.05 Å². The summed E-state index contributed by atoms with van der Waals surface area (Å²) < 4.78 is 0. The Morgan fingerprint density at radius 1 is 1.21 bits per heavy atom. The summed E-state index contributed by atoms with van der Waals surface area (Å²) >= 11 is 0. The lowest BCUT2D eigenvalue weighted by Gasteiger charge is -2.44. The van der Waals surface area contributed by atoms with E-state index in [2.05, 4.69) is 5.32 Å². The first kappa shape index (κ1) is 12.2. The molecule has 4 nitrogen and oxygen atoms in total. The molecule has 2 fully saturated rings. The molecule has 2 atom stereocenters. The Kier molecular flexibility index (Phi) is 2.62. The summed E-state index contributed by atoms with van der Waals surface area (Å²) in [6, 6.07) is 9.14. The van der Waals surface area contributed by atoms with Crippen molar-refractivity contribution in [2.75, 3.05) is 7.05 Å². The van der Waals surface area contributed by atoms with Gasteiger partial charge in [-0.1, -0.05) is 30.3 Å². The molecule has 0 aromatic heterocycles. The quantitative estimate of drug-likeness (QED) is 0.868. The van der Waals surface area contributed by atoms with E-state index >= 15 is 0 Å². The van der Waals surface area contributed by atoms with Crippen LogP contribution in [0.5, 0.6) is 0 Å². The van der Waals surface area contributed by atoms with Crippen LogP contribution in [0.25, 0.3) is 0 Å². The second-order valence-corrected chi connectivity index (χ2v) is 5.62. The standard InChI is InChI=1S/C15H18N2O2/c1-15(11-6-4-3-5-7-11)14(19)16-12(10-8-9-10)13(18)17(15)2/h3-7,10,12H,8-9H2,1-2H3,(H,16,19). The first-order valence-electron chi connectivity index (χ1n) is 6.69. The van der Waals surface area contributed by atoms with Crippen molar-refractivity contribution in [2.24, 2.45) is 5.92 Å². The molecule has 2 aliphatic rings. The minimum Gasteiger partial charge on any atom is -0.342 e. The van der Waals surface area contributed by atoms with E-state index in [1.165, 1.54) is 0 Å². The fourth-order valence-electron chi connectivity index (χ4n) is 2.76. The maximum absolute atomic E-state index is 12.5. The van der Waals surface area contributed by atoms with Gasteiger partial charge in [-0.05, 0) is 31.2 Å². The number of amides is 2. The normalized spacial score (nSPS) is 31.3. The van der Waals surface area contributed by atoms with Crippen LogP contribution in [-0.4, -0.2) is 29.8 Å². The van der Waals surface area contributed by atoms with E-state index in [-0.39, 0.29) is 17.9 Å². The van der Waals surface area contributed by atoms with Crippen molar-refractivity contribution in [3.8, 4) is 0 Å². The molecule has 2 amide bonds. The maximum Gasteiger partial charge on any atom is 0.250 e. The first-order valence-corrected chi connectivity index (χ1v) is 6.69. The highest BCUT2D eigenvalue weighted by molar-refractivity contribution is 6.00. The van der Waals surface area contributed by atoms with E-state index in [1.54, 1.807) is 18.9 Å². The largest absolute Gasteiger partial charge is 0.342 e. The van der Waals surface area contributed by atoms with Gasteiger partial charge in [0.2, 0.25) is 5.91 Å². The smallest absolute Gasteiger partial charge is 0.250 e. The molecule has 4 heteroatoms. The molecule has 0 radical (unpaired) electrons. The van der Waals surface area contributed by atoms with Gasteiger partial charge in [-0.3, -0.25) is 9.59 Å². The molecule has 1 N–H and O–H groups in total. The second kappa shape index (κ2) is 4.08. The number of carbonyl (C=O) groups is 2. The number of nitrogens with one attached hydrogen (secondary N) is 1. The molecule has 1 saturated carbocycles. The first-order chi connectivity index (χ1) is 9.05. The SMILES string of the molecule is CN1C(=O)C(C2CC2)NC(=O)C1(C)c1ccccc1. The summed E-state index contributed by atoms with van der Waals surface area (Å²) in [5.74, 6) is 0.269. The van der Waals surface area contributed by atoms with Gasteiger partial charge in [0.25, 0.3) is 5.91 Å². The number of nitrogens with zero attached hydrogens (tertiary/aromatic N) is 1. The van der Waals surface area contributed by atoms with Crippen LogP contribution in [0.1, 0.15) is 25.3 Å². The highest BCUT2D eigenvalue weighted by Crippen LogP contribution is 2.38. The molecule has 1 heterocycles. The number of carbonyl (C=O) groups excluding carboxylic acids is 2.